The number of carbonyl (C=O) groups excluding carboxylic acids is 1. The van der Waals surface area contributed by atoms with E-state index in [4.69, 9.17) is 29.1 Å². The minimum atomic E-state index is -0.507. The first-order valence-corrected chi connectivity index (χ1v) is 17.9. The van der Waals surface area contributed by atoms with Gasteiger partial charge in [-0.2, -0.15) is 0 Å². The Labute approximate surface area is 300 Å². The zero-order valence-electron chi connectivity index (χ0n) is 31.4. The minimum Gasteiger partial charge on any atom is -0.497 e. The van der Waals surface area contributed by atoms with Crippen molar-refractivity contribution in [3.05, 3.63) is 87.3 Å². The fourth-order valence-electron chi connectivity index (χ4n) is 8.72. The molecule has 1 aromatic heterocycles. The lowest BCUT2D eigenvalue weighted by atomic mass is 9.49. The molecule has 8 heteroatoms. The lowest BCUT2D eigenvalue weighted by Gasteiger charge is -2.54. The smallest absolute Gasteiger partial charge is 0.347 e. The molecule has 3 unspecified atom stereocenters. The predicted octanol–water partition coefficient (Wildman–Crippen LogP) is 8.98. The van der Waals surface area contributed by atoms with Gasteiger partial charge < -0.3 is 29.1 Å². The van der Waals surface area contributed by atoms with Crippen LogP contribution in [0, 0.1) is 11.3 Å². The van der Waals surface area contributed by atoms with E-state index in [0.29, 0.717) is 56.9 Å². The number of ether oxygens (including phenoxy) is 4. The Morgan fingerprint density at radius 2 is 1.63 bits per heavy atom. The fourth-order valence-corrected chi connectivity index (χ4v) is 8.72. The molecule has 2 N–H and O–H groups in total. The summed E-state index contributed by atoms with van der Waals surface area (Å²) in [6.07, 6.45) is 9.30. The van der Waals surface area contributed by atoms with Crippen LogP contribution >= 0.6 is 0 Å². The molecule has 1 aliphatic heterocycles. The largest absolute Gasteiger partial charge is 0.497 e. The number of hydrogen-bond acceptors (Lipinski definition) is 7. The Balaban J connectivity index is 0.000000183. The normalized spacial score (nSPS) is 22.8. The van der Waals surface area contributed by atoms with Gasteiger partial charge in [-0.1, -0.05) is 64.4 Å². The highest BCUT2D eigenvalue weighted by atomic mass is 16.5. The summed E-state index contributed by atoms with van der Waals surface area (Å²) in [4.78, 5) is 25.0. The van der Waals surface area contributed by atoms with E-state index in [-0.39, 0.29) is 16.7 Å². The molecule has 270 valence electrons. The van der Waals surface area contributed by atoms with Crippen molar-refractivity contribution < 1.29 is 28.2 Å². The number of fused-ring (bicyclic) bond motifs is 5. The van der Waals surface area contributed by atoms with Crippen LogP contribution < -0.4 is 30.3 Å². The number of primary amides is 1. The molecule has 3 aliphatic rings. The van der Waals surface area contributed by atoms with Gasteiger partial charge in [-0.3, -0.25) is 4.79 Å². The van der Waals surface area contributed by atoms with Crippen molar-refractivity contribution >= 4 is 23.0 Å². The van der Waals surface area contributed by atoms with Gasteiger partial charge in [0, 0.05) is 11.5 Å². The molecule has 2 aliphatic carbocycles. The summed E-state index contributed by atoms with van der Waals surface area (Å²) in [5.41, 5.74) is 11.1. The van der Waals surface area contributed by atoms with Crippen LogP contribution in [0.3, 0.4) is 0 Å². The van der Waals surface area contributed by atoms with E-state index in [0.717, 1.165) is 31.2 Å². The highest BCUT2D eigenvalue weighted by Crippen LogP contribution is 2.57. The monoisotopic (exact) mass is 693 g/mol. The van der Waals surface area contributed by atoms with E-state index in [1.807, 2.05) is 26.0 Å². The Morgan fingerprint density at radius 1 is 0.922 bits per heavy atom. The molecule has 8 nitrogen and oxygen atoms in total. The Bertz CT molecular complexity index is 2060. The number of methoxy groups -OCH3 is 3. The molecule has 3 atom stereocenters. The molecule has 0 bridgehead atoms. The predicted molar refractivity (Wildman–Crippen MR) is 202 cm³/mol. The Hall–Kier alpha value is -4.72. The van der Waals surface area contributed by atoms with Crippen LogP contribution in [0.1, 0.15) is 95.4 Å². The second-order valence-electron chi connectivity index (χ2n) is 15.5. The van der Waals surface area contributed by atoms with E-state index in [1.165, 1.54) is 30.2 Å². The van der Waals surface area contributed by atoms with Crippen LogP contribution in [0.25, 0.3) is 28.2 Å². The molecular weight excluding hydrogens is 642 g/mol. The van der Waals surface area contributed by atoms with Crippen molar-refractivity contribution in [2.45, 2.75) is 90.6 Å². The van der Waals surface area contributed by atoms with Gasteiger partial charge in [0.1, 0.15) is 45.1 Å². The van der Waals surface area contributed by atoms with E-state index in [2.05, 4.69) is 45.9 Å². The average molecular weight is 694 g/mol. The topological polar surface area (TPSA) is 110 Å². The van der Waals surface area contributed by atoms with Gasteiger partial charge in [-0.05, 0) is 103 Å². The molecule has 7 rings (SSSR count). The van der Waals surface area contributed by atoms with Gasteiger partial charge in [0.15, 0.2) is 0 Å². The zero-order valence-corrected chi connectivity index (χ0v) is 31.4. The van der Waals surface area contributed by atoms with E-state index in [9.17, 15) is 9.59 Å². The van der Waals surface area contributed by atoms with Crippen molar-refractivity contribution in [3.8, 4) is 34.1 Å². The SMILES string of the molecule is CC(C)c1ccc2c(c1)CCC1C(C)(C(N)=O)CCCC21C.COc1ccc(-c2c(OC)c3c(OC)c4c(cc3oc2=O)OC(C)(C)C=C4)cc1. The summed E-state index contributed by atoms with van der Waals surface area (Å²) in [7, 11) is 4.68. The third-order valence-electron chi connectivity index (χ3n) is 11.5. The van der Waals surface area contributed by atoms with Gasteiger partial charge in [0.05, 0.1) is 26.9 Å². The minimum absolute atomic E-state index is 0.102. The third-order valence-corrected chi connectivity index (χ3v) is 11.5. The van der Waals surface area contributed by atoms with Crippen molar-refractivity contribution in [3.63, 3.8) is 0 Å². The van der Waals surface area contributed by atoms with Crippen LogP contribution in [0.15, 0.2) is 63.8 Å². The lowest BCUT2D eigenvalue weighted by Crippen LogP contribution is -2.54. The molecule has 0 radical (unpaired) electrons. The number of rotatable bonds is 6. The first-order chi connectivity index (χ1) is 24.2. The van der Waals surface area contributed by atoms with Crippen LogP contribution in [0.2, 0.25) is 0 Å². The highest BCUT2D eigenvalue weighted by molar-refractivity contribution is 5.99. The van der Waals surface area contributed by atoms with Crippen molar-refractivity contribution in [1.29, 1.82) is 0 Å². The van der Waals surface area contributed by atoms with E-state index >= 15 is 0 Å². The number of benzene rings is 3. The molecular formula is C43H51NO7. The molecule has 1 amide bonds. The van der Waals surface area contributed by atoms with Crippen molar-refractivity contribution in [1.82, 2.24) is 0 Å². The fraction of sp³-hybridized carbons (Fsp3) is 0.442. The second kappa shape index (κ2) is 13.4. The maximum atomic E-state index is 12.9. The molecule has 0 spiro atoms. The van der Waals surface area contributed by atoms with Gasteiger partial charge in [-0.25, -0.2) is 4.79 Å². The second-order valence-corrected chi connectivity index (χ2v) is 15.5. The Morgan fingerprint density at radius 3 is 2.25 bits per heavy atom. The molecule has 3 aromatic carbocycles. The molecule has 0 saturated heterocycles. The van der Waals surface area contributed by atoms with Gasteiger partial charge in [-0.15, -0.1) is 0 Å². The van der Waals surface area contributed by atoms with Crippen LogP contribution in [-0.4, -0.2) is 32.8 Å². The summed E-state index contributed by atoms with van der Waals surface area (Å²) in [6.45, 7) is 12.9. The molecule has 1 fully saturated rings. The highest BCUT2D eigenvalue weighted by Gasteiger charge is 2.54. The number of carbonyl (C=O) groups is 1. The number of nitrogens with two attached hydrogens (primary N) is 1. The lowest BCUT2D eigenvalue weighted by molar-refractivity contribution is -0.135. The number of amides is 1. The summed E-state index contributed by atoms with van der Waals surface area (Å²) >= 11 is 0. The molecule has 1 saturated carbocycles. The standard InChI is InChI=1S/C23H22O6.C20H29NO/c1-23(2)11-10-15-16(29-23)12-17-19(20(15)26-4)21(27-5)18(22(24)28-17)13-6-8-14(25-3)9-7-13;1-13(2)14-6-8-16-15(12-14)7-9-17-19(16,3)10-5-11-20(17,4)18(21)22/h6-12H,1-5H3;6,8,12-13,17H,5,7,9-11H2,1-4H3,(H2,21,22). The van der Waals surface area contributed by atoms with Gasteiger partial charge in [0.2, 0.25) is 5.91 Å². The third kappa shape index (κ3) is 6.27. The summed E-state index contributed by atoms with van der Waals surface area (Å²) in [5.74, 6) is 3.03. The van der Waals surface area contributed by atoms with Crippen molar-refractivity contribution in [2.75, 3.05) is 21.3 Å². The van der Waals surface area contributed by atoms with Gasteiger partial charge in [0.25, 0.3) is 0 Å². The summed E-state index contributed by atoms with van der Waals surface area (Å²) in [6, 6.07) is 15.9. The van der Waals surface area contributed by atoms with Crippen LogP contribution in [0.4, 0.5) is 0 Å². The van der Waals surface area contributed by atoms with Gasteiger partial charge >= 0.3 is 5.63 Å². The first kappa shape index (κ1) is 36.1. The zero-order chi connectivity index (χ0) is 36.9. The van der Waals surface area contributed by atoms with E-state index < -0.39 is 11.2 Å². The summed E-state index contributed by atoms with van der Waals surface area (Å²) in [5, 5.41) is 0.576. The maximum Gasteiger partial charge on any atom is 0.347 e. The number of hydrogen-bond donors (Lipinski definition) is 1. The van der Waals surface area contributed by atoms with E-state index in [1.54, 1.807) is 44.6 Å². The number of aryl methyl sites for hydroxylation is 1. The maximum absolute atomic E-state index is 12.9. The van der Waals surface area contributed by atoms with Crippen LogP contribution in [0.5, 0.6) is 23.0 Å². The van der Waals surface area contributed by atoms with Crippen LogP contribution in [-0.2, 0) is 16.6 Å². The summed E-state index contributed by atoms with van der Waals surface area (Å²) < 4.78 is 28.3. The average Bonchev–Trinajstić information content (AvgIpc) is 3.09. The molecule has 51 heavy (non-hydrogen) atoms. The van der Waals surface area contributed by atoms with Crippen molar-refractivity contribution in [2.24, 2.45) is 17.1 Å². The first-order valence-electron chi connectivity index (χ1n) is 17.9. The Kier molecular flexibility index (Phi) is 9.51. The molecule has 2 heterocycles. The quantitative estimate of drug-likeness (QED) is 0.201. The molecule has 4 aromatic rings.